The Balaban J connectivity index is 1.33. The second-order valence-electron chi connectivity index (χ2n) is 8.29. The number of hydrogen-bond acceptors (Lipinski definition) is 2. The number of amides is 1. The largest absolute Gasteiger partial charge is 0.338 e. The molecule has 0 radical (unpaired) electrons. The van der Waals surface area contributed by atoms with E-state index < -0.39 is 0 Å². The predicted molar refractivity (Wildman–Crippen MR) is 124 cm³/mol. The van der Waals surface area contributed by atoms with Gasteiger partial charge in [0.05, 0.1) is 24.5 Å². The third-order valence-electron chi connectivity index (χ3n) is 6.26. The van der Waals surface area contributed by atoms with Crippen LogP contribution in [0.4, 0.5) is 0 Å². The van der Waals surface area contributed by atoms with Crippen LogP contribution in [-0.2, 0) is 24.4 Å². The van der Waals surface area contributed by atoms with Gasteiger partial charge >= 0.3 is 0 Å². The van der Waals surface area contributed by atoms with Crippen LogP contribution < -0.4 is 0 Å². The fraction of sp³-hybridized carbons (Fsp3) is 0.154. The fourth-order valence-corrected chi connectivity index (χ4v) is 4.61. The van der Waals surface area contributed by atoms with Crippen LogP contribution in [0.15, 0.2) is 85.3 Å². The molecule has 32 heavy (non-hydrogen) atoms. The van der Waals surface area contributed by atoms with Crippen molar-refractivity contribution < 1.29 is 4.79 Å². The van der Waals surface area contributed by atoms with Crippen molar-refractivity contribution in [2.24, 2.45) is 0 Å². The molecule has 0 bridgehead atoms. The topological polar surface area (TPSA) is 48.0 Å². The average Bonchev–Trinajstić information content (AvgIpc) is 3.58. The molecule has 0 saturated heterocycles. The smallest absolute Gasteiger partial charge is 0.243 e. The molecule has 1 amide bonds. The molecule has 6 rings (SSSR count). The lowest BCUT2D eigenvalue weighted by molar-refractivity contribution is -0.132. The molecule has 0 aliphatic carbocycles. The van der Waals surface area contributed by atoms with Gasteiger partial charge in [0.25, 0.3) is 0 Å². The Morgan fingerprint density at radius 1 is 0.906 bits per heavy atom. The summed E-state index contributed by atoms with van der Waals surface area (Å²) in [5.74, 6) is 1.10. The van der Waals surface area contributed by atoms with Gasteiger partial charge < -0.3 is 14.0 Å². The van der Waals surface area contributed by atoms with Crippen LogP contribution in [0.2, 0.25) is 0 Å². The second-order valence-corrected chi connectivity index (χ2v) is 8.29. The third kappa shape index (κ3) is 2.95. The molecular formula is C26H23N5O. The number of para-hydroxylation sites is 2. The number of aryl methyl sites for hydroxylation is 1. The lowest BCUT2D eigenvalue weighted by atomic mass is 10.2. The van der Waals surface area contributed by atoms with E-state index in [1.165, 1.54) is 0 Å². The summed E-state index contributed by atoms with van der Waals surface area (Å²) in [6, 6.07) is 22.5. The molecule has 6 heteroatoms. The summed E-state index contributed by atoms with van der Waals surface area (Å²) in [4.78, 5) is 15.1. The van der Waals surface area contributed by atoms with Crippen molar-refractivity contribution in [1.29, 1.82) is 0 Å². The quantitative estimate of drug-likeness (QED) is 0.430. The van der Waals surface area contributed by atoms with E-state index in [0.29, 0.717) is 19.6 Å². The molecule has 0 fully saturated rings. The van der Waals surface area contributed by atoms with Gasteiger partial charge in [-0.1, -0.05) is 36.4 Å². The summed E-state index contributed by atoms with van der Waals surface area (Å²) in [5, 5.41) is 6.10. The van der Waals surface area contributed by atoms with Crippen molar-refractivity contribution in [3.63, 3.8) is 0 Å². The molecular weight excluding hydrogens is 398 g/mol. The van der Waals surface area contributed by atoms with Gasteiger partial charge in [-0.3, -0.25) is 4.79 Å². The van der Waals surface area contributed by atoms with Gasteiger partial charge in [-0.15, -0.1) is 0 Å². The highest BCUT2D eigenvalue weighted by Gasteiger charge is 2.31. The van der Waals surface area contributed by atoms with E-state index >= 15 is 0 Å². The first-order valence-corrected chi connectivity index (χ1v) is 10.8. The Labute approximate surface area is 185 Å². The monoisotopic (exact) mass is 421 g/mol. The summed E-state index contributed by atoms with van der Waals surface area (Å²) in [5.41, 5.74) is 5.37. The van der Waals surface area contributed by atoms with Gasteiger partial charge in [-0.05, 0) is 48.2 Å². The van der Waals surface area contributed by atoms with Gasteiger partial charge in [-0.2, -0.15) is 5.10 Å². The minimum atomic E-state index is 0.102. The maximum Gasteiger partial charge on any atom is 0.243 e. The van der Waals surface area contributed by atoms with Gasteiger partial charge in [0.2, 0.25) is 5.91 Å². The molecule has 1 aliphatic heterocycles. The zero-order valence-electron chi connectivity index (χ0n) is 17.8. The maximum atomic E-state index is 13.2. The summed E-state index contributed by atoms with van der Waals surface area (Å²) in [7, 11) is 0. The van der Waals surface area contributed by atoms with E-state index in [0.717, 1.165) is 39.2 Å². The number of fused-ring (bicyclic) bond motifs is 2. The highest BCUT2D eigenvalue weighted by molar-refractivity contribution is 5.83. The van der Waals surface area contributed by atoms with Crippen LogP contribution in [0, 0.1) is 6.92 Å². The number of rotatable bonds is 4. The predicted octanol–water partition coefficient (Wildman–Crippen LogP) is 4.47. The van der Waals surface area contributed by atoms with Crippen molar-refractivity contribution in [2.45, 2.75) is 26.6 Å². The second kappa shape index (κ2) is 7.27. The SMILES string of the molecule is Cc1ccccc1-n1nc2c(c1-n1cccc1)CN(C(=O)Cn1ccc3ccccc31)C2. The number of aromatic nitrogens is 4. The van der Waals surface area contributed by atoms with E-state index in [1.54, 1.807) is 0 Å². The highest BCUT2D eigenvalue weighted by Crippen LogP contribution is 2.31. The first kappa shape index (κ1) is 18.7. The zero-order chi connectivity index (χ0) is 21.7. The van der Waals surface area contributed by atoms with Crippen LogP contribution in [-0.4, -0.2) is 29.7 Å². The molecule has 6 nitrogen and oxygen atoms in total. The van der Waals surface area contributed by atoms with Crippen molar-refractivity contribution in [3.8, 4) is 11.5 Å². The van der Waals surface area contributed by atoms with Crippen LogP contribution in [0.3, 0.4) is 0 Å². The van der Waals surface area contributed by atoms with Crippen LogP contribution in [0.25, 0.3) is 22.4 Å². The molecule has 2 aromatic carbocycles. The Hall–Kier alpha value is -4.06. The molecule has 0 saturated carbocycles. The number of nitrogens with zero attached hydrogens (tertiary/aromatic N) is 5. The Morgan fingerprint density at radius 2 is 1.69 bits per heavy atom. The third-order valence-corrected chi connectivity index (χ3v) is 6.26. The minimum absolute atomic E-state index is 0.102. The summed E-state index contributed by atoms with van der Waals surface area (Å²) in [6.45, 7) is 3.51. The normalized spacial score (nSPS) is 13.1. The average molecular weight is 422 g/mol. The first-order chi connectivity index (χ1) is 15.7. The lowest BCUT2D eigenvalue weighted by Gasteiger charge is -2.18. The standard InChI is InChI=1S/C26H23N5O/c1-19-8-2-4-10-23(19)31-26(28-13-6-7-14-28)21-16-30(17-22(21)27-31)25(32)18-29-15-12-20-9-3-5-11-24(20)29/h2-15H,16-18H2,1H3. The number of benzene rings is 2. The van der Waals surface area contributed by atoms with Crippen LogP contribution in [0.1, 0.15) is 16.8 Å². The van der Waals surface area contributed by atoms with Crippen LogP contribution >= 0.6 is 0 Å². The highest BCUT2D eigenvalue weighted by atomic mass is 16.2. The molecule has 1 aliphatic rings. The Morgan fingerprint density at radius 3 is 2.53 bits per heavy atom. The fourth-order valence-electron chi connectivity index (χ4n) is 4.61. The van der Waals surface area contributed by atoms with Gasteiger partial charge in [0.1, 0.15) is 12.4 Å². The van der Waals surface area contributed by atoms with E-state index in [9.17, 15) is 4.79 Å². The van der Waals surface area contributed by atoms with Crippen molar-refractivity contribution in [3.05, 3.63) is 102 Å². The number of carbonyl (C=O) groups excluding carboxylic acids is 1. The van der Waals surface area contributed by atoms with E-state index in [1.807, 2.05) is 69.1 Å². The molecule has 4 heterocycles. The Kier molecular flexibility index (Phi) is 4.24. The molecule has 0 N–H and O–H groups in total. The lowest BCUT2D eigenvalue weighted by Crippen LogP contribution is -2.29. The molecule has 3 aromatic heterocycles. The maximum absolute atomic E-state index is 13.2. The molecule has 0 atom stereocenters. The summed E-state index contributed by atoms with van der Waals surface area (Å²) >= 11 is 0. The number of hydrogen-bond donors (Lipinski definition) is 0. The first-order valence-electron chi connectivity index (χ1n) is 10.8. The van der Waals surface area contributed by atoms with Crippen molar-refractivity contribution >= 4 is 16.8 Å². The summed E-state index contributed by atoms with van der Waals surface area (Å²) < 4.78 is 6.13. The van der Waals surface area contributed by atoms with Crippen molar-refractivity contribution in [2.75, 3.05) is 0 Å². The molecule has 5 aromatic rings. The zero-order valence-corrected chi connectivity index (χ0v) is 17.8. The van der Waals surface area contributed by atoms with E-state index in [-0.39, 0.29) is 5.91 Å². The van der Waals surface area contributed by atoms with Gasteiger partial charge in [0, 0.05) is 29.7 Å². The number of carbonyl (C=O) groups is 1. The molecule has 158 valence electrons. The minimum Gasteiger partial charge on any atom is -0.338 e. The van der Waals surface area contributed by atoms with Gasteiger partial charge in [0.15, 0.2) is 0 Å². The Bertz CT molecular complexity index is 1440. The molecule has 0 spiro atoms. The van der Waals surface area contributed by atoms with Crippen LogP contribution in [0.5, 0.6) is 0 Å². The van der Waals surface area contributed by atoms with Gasteiger partial charge in [-0.25, -0.2) is 4.68 Å². The van der Waals surface area contributed by atoms with Crippen molar-refractivity contribution in [1.82, 2.24) is 23.8 Å². The summed E-state index contributed by atoms with van der Waals surface area (Å²) in [6.07, 6.45) is 6.05. The van der Waals surface area contributed by atoms with E-state index in [4.69, 9.17) is 5.10 Å². The van der Waals surface area contributed by atoms with E-state index in [2.05, 4.69) is 41.8 Å². The molecule has 0 unspecified atom stereocenters.